The van der Waals surface area contributed by atoms with Gasteiger partial charge in [0, 0.05) is 17.2 Å². The Labute approximate surface area is 142 Å². The summed E-state index contributed by atoms with van der Waals surface area (Å²) in [6.45, 7) is 2.21. The molecule has 0 aliphatic carbocycles. The Morgan fingerprint density at radius 2 is 2.09 bits per heavy atom. The zero-order valence-corrected chi connectivity index (χ0v) is 14.8. The number of nitrogens with zero attached hydrogens (tertiary/aromatic N) is 1. The van der Waals surface area contributed by atoms with Crippen LogP contribution in [0.4, 0.5) is 0 Å². The van der Waals surface area contributed by atoms with Crippen molar-refractivity contribution in [2.45, 2.75) is 16.3 Å². The van der Waals surface area contributed by atoms with Crippen molar-refractivity contribution in [1.29, 1.82) is 5.41 Å². The number of nitrogens with one attached hydrogen (secondary N) is 1. The Hall–Kier alpha value is -1.24. The maximum atomic E-state index is 8.02. The molecule has 2 atom stereocenters. The molecule has 2 aromatic rings. The standard InChI is InChI=1S/C16H17N3S3/c1-16(20-2)12(10-6-4-3-5-7-10)11(13(22-16)14(17)18)15-19-8-9-21-15/h3-9,13H,1-2H3,(H3,17,18). The van der Waals surface area contributed by atoms with Crippen molar-refractivity contribution in [3.8, 4) is 0 Å². The lowest BCUT2D eigenvalue weighted by atomic mass is 9.95. The average Bonchev–Trinajstić information content (AvgIpc) is 3.14. The van der Waals surface area contributed by atoms with Gasteiger partial charge in [-0.05, 0) is 24.3 Å². The minimum absolute atomic E-state index is 0.140. The normalized spacial score (nSPS) is 24.7. The molecule has 2 heterocycles. The summed E-state index contributed by atoms with van der Waals surface area (Å²) in [6, 6.07) is 10.4. The first-order valence-electron chi connectivity index (χ1n) is 6.83. The average molecular weight is 348 g/mol. The van der Waals surface area contributed by atoms with Crippen LogP contribution in [0.1, 0.15) is 17.5 Å². The van der Waals surface area contributed by atoms with Gasteiger partial charge in [0.15, 0.2) is 0 Å². The van der Waals surface area contributed by atoms with Crippen LogP contribution in [0, 0.1) is 5.41 Å². The topological polar surface area (TPSA) is 62.8 Å². The van der Waals surface area contributed by atoms with E-state index in [1.54, 1.807) is 34.9 Å². The van der Waals surface area contributed by atoms with E-state index in [0.29, 0.717) is 0 Å². The highest BCUT2D eigenvalue weighted by Gasteiger charge is 2.45. The highest BCUT2D eigenvalue weighted by atomic mass is 32.2. The molecular weight excluding hydrogens is 330 g/mol. The Kier molecular flexibility index (Phi) is 4.34. The number of hydrogen-bond donors (Lipinski definition) is 2. The molecule has 0 amide bonds. The fourth-order valence-electron chi connectivity index (χ4n) is 2.69. The lowest BCUT2D eigenvalue weighted by Crippen LogP contribution is -2.25. The van der Waals surface area contributed by atoms with Gasteiger partial charge in [0.25, 0.3) is 0 Å². The van der Waals surface area contributed by atoms with Crippen LogP contribution in [0.2, 0.25) is 0 Å². The molecule has 2 unspecified atom stereocenters. The monoisotopic (exact) mass is 347 g/mol. The number of aromatic nitrogens is 1. The molecule has 114 valence electrons. The van der Waals surface area contributed by atoms with Crippen molar-refractivity contribution < 1.29 is 0 Å². The number of thioether (sulfide) groups is 2. The summed E-state index contributed by atoms with van der Waals surface area (Å²) in [7, 11) is 0. The summed E-state index contributed by atoms with van der Waals surface area (Å²) in [6.07, 6.45) is 3.92. The fraction of sp³-hybridized carbons (Fsp3) is 0.250. The van der Waals surface area contributed by atoms with Gasteiger partial charge in [0.1, 0.15) is 10.8 Å². The molecule has 3 N–H and O–H groups in total. The second-order valence-corrected chi connectivity index (χ2v) is 9.00. The minimum atomic E-state index is -0.140. The first-order valence-corrected chi connectivity index (χ1v) is 9.82. The summed E-state index contributed by atoms with van der Waals surface area (Å²) in [5, 5.41) is 10.8. The second kappa shape index (κ2) is 6.10. The molecule has 0 radical (unpaired) electrons. The summed E-state index contributed by atoms with van der Waals surface area (Å²) >= 11 is 5.13. The van der Waals surface area contributed by atoms with Gasteiger partial charge in [-0.25, -0.2) is 4.98 Å². The third-order valence-corrected chi connectivity index (χ3v) is 7.68. The summed E-state index contributed by atoms with van der Waals surface area (Å²) < 4.78 is -0.140. The van der Waals surface area contributed by atoms with Crippen LogP contribution < -0.4 is 5.73 Å². The zero-order valence-electron chi connectivity index (χ0n) is 12.4. The van der Waals surface area contributed by atoms with E-state index in [0.717, 1.165) is 10.6 Å². The van der Waals surface area contributed by atoms with Gasteiger partial charge >= 0.3 is 0 Å². The number of nitrogens with two attached hydrogens (primary N) is 1. The van der Waals surface area contributed by atoms with Crippen molar-refractivity contribution in [1.82, 2.24) is 4.98 Å². The second-order valence-electron chi connectivity index (χ2n) is 5.10. The van der Waals surface area contributed by atoms with E-state index in [1.165, 1.54) is 11.1 Å². The maximum Gasteiger partial charge on any atom is 0.121 e. The molecule has 3 nitrogen and oxygen atoms in total. The highest BCUT2D eigenvalue weighted by molar-refractivity contribution is 8.19. The Morgan fingerprint density at radius 1 is 1.36 bits per heavy atom. The molecule has 6 heteroatoms. The summed E-state index contributed by atoms with van der Waals surface area (Å²) in [4.78, 5) is 4.49. The van der Waals surface area contributed by atoms with E-state index in [9.17, 15) is 0 Å². The van der Waals surface area contributed by atoms with Crippen molar-refractivity contribution in [2.24, 2.45) is 5.73 Å². The number of hydrogen-bond acceptors (Lipinski definition) is 5. The van der Waals surface area contributed by atoms with Crippen molar-refractivity contribution in [3.05, 3.63) is 52.5 Å². The number of rotatable bonds is 4. The van der Waals surface area contributed by atoms with Crippen LogP contribution in [-0.2, 0) is 0 Å². The van der Waals surface area contributed by atoms with Gasteiger partial charge in [0.05, 0.1) is 9.33 Å². The van der Waals surface area contributed by atoms with Gasteiger partial charge in [0.2, 0.25) is 0 Å². The fourth-order valence-corrected chi connectivity index (χ4v) is 5.85. The van der Waals surface area contributed by atoms with Gasteiger partial charge in [-0.3, -0.25) is 5.41 Å². The molecule has 1 aromatic carbocycles. The molecule has 1 aromatic heterocycles. The molecule has 0 spiro atoms. The van der Waals surface area contributed by atoms with E-state index in [4.69, 9.17) is 11.1 Å². The molecule has 1 aliphatic rings. The molecule has 0 bridgehead atoms. The maximum absolute atomic E-state index is 8.02. The quantitative estimate of drug-likeness (QED) is 0.643. The van der Waals surface area contributed by atoms with E-state index >= 15 is 0 Å². The number of amidine groups is 1. The Balaban J connectivity index is 2.28. The summed E-state index contributed by atoms with van der Waals surface area (Å²) in [5.74, 6) is 0.196. The van der Waals surface area contributed by atoms with Gasteiger partial charge < -0.3 is 5.73 Å². The van der Waals surface area contributed by atoms with Crippen LogP contribution in [0.25, 0.3) is 11.1 Å². The lowest BCUT2D eigenvalue weighted by molar-refractivity contribution is 1.19. The molecule has 0 fully saturated rings. The smallest absolute Gasteiger partial charge is 0.121 e. The molecule has 0 saturated heterocycles. The lowest BCUT2D eigenvalue weighted by Gasteiger charge is -2.25. The predicted molar refractivity (Wildman–Crippen MR) is 101 cm³/mol. The first kappa shape index (κ1) is 15.6. The first-order chi connectivity index (χ1) is 10.6. The molecule has 0 saturated carbocycles. The third kappa shape index (κ3) is 2.59. The van der Waals surface area contributed by atoms with E-state index in [2.05, 4.69) is 30.3 Å². The van der Waals surface area contributed by atoms with Crippen molar-refractivity contribution in [3.63, 3.8) is 0 Å². The van der Waals surface area contributed by atoms with Crippen molar-refractivity contribution >= 4 is 51.8 Å². The van der Waals surface area contributed by atoms with Crippen molar-refractivity contribution in [2.75, 3.05) is 6.26 Å². The predicted octanol–water partition coefficient (Wildman–Crippen LogP) is 4.18. The molecule has 3 rings (SSSR count). The van der Waals surface area contributed by atoms with Crippen LogP contribution in [0.15, 0.2) is 41.9 Å². The van der Waals surface area contributed by atoms with E-state index in [1.807, 2.05) is 29.8 Å². The molecule has 1 aliphatic heterocycles. The largest absolute Gasteiger partial charge is 0.386 e. The van der Waals surface area contributed by atoms with Gasteiger partial charge in [-0.2, -0.15) is 0 Å². The van der Waals surface area contributed by atoms with Gasteiger partial charge in [-0.1, -0.05) is 30.3 Å². The van der Waals surface area contributed by atoms with E-state index < -0.39 is 0 Å². The number of thiazole rings is 1. The van der Waals surface area contributed by atoms with Crippen LogP contribution in [0.5, 0.6) is 0 Å². The zero-order chi connectivity index (χ0) is 15.7. The molecular formula is C16H17N3S3. The highest BCUT2D eigenvalue weighted by Crippen LogP contribution is 2.59. The third-order valence-electron chi connectivity index (χ3n) is 3.73. The Morgan fingerprint density at radius 3 is 2.64 bits per heavy atom. The Bertz CT molecular complexity index is 710. The number of benzene rings is 1. The van der Waals surface area contributed by atoms with Crippen LogP contribution in [0.3, 0.4) is 0 Å². The molecule has 22 heavy (non-hydrogen) atoms. The summed E-state index contributed by atoms with van der Waals surface area (Å²) in [5.41, 5.74) is 9.42. The van der Waals surface area contributed by atoms with Crippen LogP contribution in [-0.4, -0.2) is 26.4 Å². The minimum Gasteiger partial charge on any atom is -0.386 e. The van der Waals surface area contributed by atoms with Crippen LogP contribution >= 0.6 is 34.9 Å². The van der Waals surface area contributed by atoms with Gasteiger partial charge in [-0.15, -0.1) is 34.9 Å². The van der Waals surface area contributed by atoms with E-state index in [-0.39, 0.29) is 15.2 Å². The SMILES string of the molecule is CSC1(C)SC(C(=N)N)C(c2nccs2)=C1c1ccccc1.